The van der Waals surface area contributed by atoms with Crippen molar-refractivity contribution >= 4 is 23.2 Å². The van der Waals surface area contributed by atoms with Crippen molar-refractivity contribution in [3.05, 3.63) is 34.0 Å². The third kappa shape index (κ3) is 2.42. The van der Waals surface area contributed by atoms with Gasteiger partial charge in [0, 0.05) is 5.69 Å². The quantitative estimate of drug-likeness (QED) is 0.806. The van der Waals surface area contributed by atoms with Crippen LogP contribution in [0.5, 0.6) is 0 Å². The normalized spacial score (nSPS) is 10.8. The van der Waals surface area contributed by atoms with Crippen molar-refractivity contribution in [1.82, 2.24) is 19.7 Å². The summed E-state index contributed by atoms with van der Waals surface area (Å²) in [5.41, 5.74) is 2.06. The Hall–Kier alpha value is -1.13. The van der Waals surface area contributed by atoms with Crippen LogP contribution in [-0.2, 0) is 12.8 Å². The van der Waals surface area contributed by atoms with Crippen LogP contribution < -0.4 is 0 Å². The lowest BCUT2D eigenvalue weighted by atomic mass is 10.2. The van der Waals surface area contributed by atoms with Crippen LogP contribution in [0.4, 0.5) is 0 Å². The maximum absolute atomic E-state index is 6.07. The first-order valence-electron chi connectivity index (χ1n) is 5.42. The van der Waals surface area contributed by atoms with Crippen LogP contribution in [0.15, 0.2) is 12.3 Å². The number of nitrogens with zero attached hydrogens (tertiary/aromatic N) is 4. The smallest absolute Gasteiger partial charge is 0.224 e. The van der Waals surface area contributed by atoms with Gasteiger partial charge >= 0.3 is 0 Å². The van der Waals surface area contributed by atoms with Crippen LogP contribution in [0.25, 0.3) is 5.82 Å². The highest BCUT2D eigenvalue weighted by molar-refractivity contribution is 6.32. The Morgan fingerprint density at radius 3 is 2.65 bits per heavy atom. The maximum atomic E-state index is 6.07. The van der Waals surface area contributed by atoms with Crippen LogP contribution in [-0.4, -0.2) is 19.7 Å². The molecule has 0 aliphatic carbocycles. The van der Waals surface area contributed by atoms with Gasteiger partial charge in [-0.15, -0.1) is 0 Å². The minimum Gasteiger partial charge on any atom is -0.225 e. The van der Waals surface area contributed by atoms with E-state index in [2.05, 4.69) is 28.9 Å². The fraction of sp³-hybridized carbons (Fsp3) is 0.364. The molecule has 4 nitrogen and oxygen atoms in total. The largest absolute Gasteiger partial charge is 0.225 e. The monoisotopic (exact) mass is 270 g/mol. The molecule has 0 radical (unpaired) electrons. The highest BCUT2D eigenvalue weighted by Crippen LogP contribution is 2.21. The maximum Gasteiger partial charge on any atom is 0.224 e. The topological polar surface area (TPSA) is 43.6 Å². The molecule has 0 bridgehead atoms. The van der Waals surface area contributed by atoms with E-state index in [9.17, 15) is 0 Å². The summed E-state index contributed by atoms with van der Waals surface area (Å²) >= 11 is 11.8. The van der Waals surface area contributed by atoms with Crippen molar-refractivity contribution in [2.24, 2.45) is 0 Å². The summed E-state index contributed by atoms with van der Waals surface area (Å²) in [4.78, 5) is 7.95. The zero-order valence-electron chi connectivity index (χ0n) is 9.61. The molecule has 0 unspecified atom stereocenters. The van der Waals surface area contributed by atoms with Crippen LogP contribution in [0.2, 0.25) is 10.3 Å². The van der Waals surface area contributed by atoms with Gasteiger partial charge in [-0.3, -0.25) is 0 Å². The van der Waals surface area contributed by atoms with E-state index in [1.807, 2.05) is 6.07 Å². The molecular formula is C11H12Cl2N4. The molecule has 0 aliphatic rings. The van der Waals surface area contributed by atoms with Crippen molar-refractivity contribution in [3.63, 3.8) is 0 Å². The van der Waals surface area contributed by atoms with Gasteiger partial charge in [-0.2, -0.15) is 10.1 Å². The van der Waals surface area contributed by atoms with Gasteiger partial charge in [0.25, 0.3) is 0 Å². The van der Waals surface area contributed by atoms with E-state index >= 15 is 0 Å². The molecule has 0 saturated carbocycles. The first-order chi connectivity index (χ1) is 8.15. The number of hydrogen-bond donors (Lipinski definition) is 0. The second-order valence-corrected chi connectivity index (χ2v) is 4.30. The van der Waals surface area contributed by atoms with Gasteiger partial charge in [-0.05, 0) is 30.5 Å². The number of aryl methyl sites for hydroxylation is 2. The first kappa shape index (κ1) is 12.3. The highest BCUT2D eigenvalue weighted by atomic mass is 35.5. The van der Waals surface area contributed by atoms with E-state index < -0.39 is 0 Å². The Morgan fingerprint density at radius 1 is 1.24 bits per heavy atom. The molecule has 2 aromatic heterocycles. The summed E-state index contributed by atoms with van der Waals surface area (Å²) in [6.07, 6.45) is 3.21. The van der Waals surface area contributed by atoms with Crippen molar-refractivity contribution in [2.75, 3.05) is 0 Å². The summed E-state index contributed by atoms with van der Waals surface area (Å²) in [5, 5.41) is 5.06. The van der Waals surface area contributed by atoms with E-state index in [1.165, 1.54) is 6.20 Å². The van der Waals surface area contributed by atoms with Gasteiger partial charge in [0.05, 0.1) is 11.9 Å². The van der Waals surface area contributed by atoms with Crippen LogP contribution in [0.1, 0.15) is 25.2 Å². The van der Waals surface area contributed by atoms with E-state index in [0.717, 1.165) is 24.2 Å². The van der Waals surface area contributed by atoms with Crippen molar-refractivity contribution in [3.8, 4) is 5.82 Å². The van der Waals surface area contributed by atoms with Gasteiger partial charge in [-0.25, -0.2) is 9.67 Å². The summed E-state index contributed by atoms with van der Waals surface area (Å²) in [6.45, 7) is 4.12. The molecule has 2 heterocycles. The van der Waals surface area contributed by atoms with E-state index in [1.54, 1.807) is 4.68 Å². The van der Waals surface area contributed by atoms with Gasteiger partial charge in [0.15, 0.2) is 5.82 Å². The Labute approximate surface area is 110 Å². The fourth-order valence-corrected chi connectivity index (χ4v) is 1.87. The molecule has 0 N–H and O–H groups in total. The second kappa shape index (κ2) is 5.02. The van der Waals surface area contributed by atoms with Crippen molar-refractivity contribution < 1.29 is 0 Å². The molecule has 0 atom stereocenters. The third-order valence-electron chi connectivity index (χ3n) is 2.46. The van der Waals surface area contributed by atoms with Crippen molar-refractivity contribution in [1.29, 1.82) is 0 Å². The minimum atomic E-state index is 0.167. The Bertz CT molecular complexity index is 536. The van der Waals surface area contributed by atoms with Gasteiger partial charge in [-0.1, -0.05) is 25.4 Å². The first-order valence-corrected chi connectivity index (χ1v) is 6.17. The Kier molecular flexibility index (Phi) is 3.64. The minimum absolute atomic E-state index is 0.167. The lowest BCUT2D eigenvalue weighted by Crippen LogP contribution is -2.05. The molecule has 0 aliphatic heterocycles. The van der Waals surface area contributed by atoms with Crippen LogP contribution in [0, 0.1) is 0 Å². The van der Waals surface area contributed by atoms with E-state index in [-0.39, 0.29) is 5.28 Å². The van der Waals surface area contributed by atoms with Crippen LogP contribution >= 0.6 is 23.2 Å². The number of rotatable bonds is 3. The molecule has 0 spiro atoms. The molecule has 17 heavy (non-hydrogen) atoms. The number of aromatic nitrogens is 4. The third-order valence-corrected chi connectivity index (χ3v) is 2.90. The summed E-state index contributed by atoms with van der Waals surface area (Å²) in [5.74, 6) is 0.531. The molecule has 2 aromatic rings. The average molecular weight is 271 g/mol. The predicted molar refractivity (Wildman–Crippen MR) is 67.9 cm³/mol. The van der Waals surface area contributed by atoms with Gasteiger partial charge in [0.1, 0.15) is 5.02 Å². The molecule has 6 heteroatoms. The fourth-order valence-electron chi connectivity index (χ4n) is 1.57. The predicted octanol–water partition coefficient (Wildman–Crippen LogP) is 3.09. The highest BCUT2D eigenvalue weighted by Gasteiger charge is 2.12. The molecule has 0 fully saturated rings. The molecule has 0 saturated heterocycles. The molecule has 90 valence electrons. The SMILES string of the molecule is CCc1cc(CC)n(-c2nc(Cl)ncc2Cl)n1. The summed E-state index contributed by atoms with van der Waals surface area (Å²) < 4.78 is 1.73. The van der Waals surface area contributed by atoms with E-state index in [0.29, 0.717) is 10.8 Å². The Balaban J connectivity index is 2.58. The van der Waals surface area contributed by atoms with Crippen molar-refractivity contribution in [2.45, 2.75) is 26.7 Å². The molecule has 0 aromatic carbocycles. The Morgan fingerprint density at radius 2 is 2.00 bits per heavy atom. The molecular weight excluding hydrogens is 259 g/mol. The summed E-state index contributed by atoms with van der Waals surface area (Å²) in [6, 6.07) is 2.05. The number of halogens is 2. The number of hydrogen-bond acceptors (Lipinski definition) is 3. The zero-order valence-corrected chi connectivity index (χ0v) is 11.1. The van der Waals surface area contributed by atoms with Gasteiger partial charge < -0.3 is 0 Å². The molecule has 0 amide bonds. The van der Waals surface area contributed by atoms with Gasteiger partial charge in [0.2, 0.25) is 5.28 Å². The van der Waals surface area contributed by atoms with Crippen LogP contribution in [0.3, 0.4) is 0 Å². The molecule has 2 rings (SSSR count). The summed E-state index contributed by atoms with van der Waals surface area (Å²) in [7, 11) is 0. The average Bonchev–Trinajstić information content (AvgIpc) is 2.75. The second-order valence-electron chi connectivity index (χ2n) is 3.56. The zero-order chi connectivity index (χ0) is 12.4. The standard InChI is InChI=1S/C11H12Cl2N4/c1-3-7-5-8(4-2)17(16-7)10-9(12)6-14-11(13)15-10/h5-6H,3-4H2,1-2H3. The lowest BCUT2D eigenvalue weighted by Gasteiger charge is -2.06. The lowest BCUT2D eigenvalue weighted by molar-refractivity contribution is 0.769. The van der Waals surface area contributed by atoms with E-state index in [4.69, 9.17) is 23.2 Å².